The molecular weight excluding hydrogens is 681 g/mol. The first kappa shape index (κ1) is 33.0. The van der Waals surface area contributed by atoms with Gasteiger partial charge in [-0.2, -0.15) is 0 Å². The molecule has 0 fully saturated rings. The summed E-state index contributed by atoms with van der Waals surface area (Å²) in [7, 11) is 0. The monoisotopic (exact) mass is 714 g/mol. The zero-order valence-corrected chi connectivity index (χ0v) is 30.4. The fourth-order valence-electron chi connectivity index (χ4n) is 7.46. The Morgan fingerprint density at radius 1 is 0.214 bits per heavy atom. The number of fused-ring (bicyclic) bond motifs is 3. The second kappa shape index (κ2) is 14.3. The molecule has 56 heavy (non-hydrogen) atoms. The molecule has 10 rings (SSSR count). The summed E-state index contributed by atoms with van der Waals surface area (Å²) < 4.78 is 0. The predicted octanol–water partition coefficient (Wildman–Crippen LogP) is 13.2. The standard InChI is InChI=1S/C52H34N4/c1-4-14-35(15-5-1)36-24-26-37(27-25-36)42-32-43(38-28-30-39(31-29-38)49-47-22-11-10-20-45(47)46-21-12-13-23-48(46)53-49)34-44(33-42)52-55-50(40-16-6-2-7-17-40)54-51(56-52)41-18-8-3-9-19-41/h1-34H. The first-order chi connectivity index (χ1) is 27.7. The molecule has 0 amide bonds. The van der Waals surface area contributed by atoms with Crippen LogP contribution in [0.1, 0.15) is 0 Å². The fraction of sp³-hybridized carbons (Fsp3) is 0. The van der Waals surface area contributed by atoms with E-state index in [1.54, 1.807) is 0 Å². The molecule has 0 aliphatic rings. The van der Waals surface area contributed by atoms with E-state index in [9.17, 15) is 0 Å². The highest BCUT2D eigenvalue weighted by Crippen LogP contribution is 2.37. The van der Waals surface area contributed by atoms with Gasteiger partial charge in [-0.1, -0.05) is 182 Å². The minimum absolute atomic E-state index is 0.616. The van der Waals surface area contributed by atoms with Gasteiger partial charge in [0.2, 0.25) is 0 Å². The van der Waals surface area contributed by atoms with Crippen LogP contribution in [0.2, 0.25) is 0 Å². The second-order valence-electron chi connectivity index (χ2n) is 13.9. The normalized spacial score (nSPS) is 11.2. The Morgan fingerprint density at radius 2 is 0.571 bits per heavy atom. The molecule has 0 N–H and O–H groups in total. The molecule has 2 heterocycles. The Balaban J connectivity index is 1.12. The molecule has 0 spiro atoms. The maximum absolute atomic E-state index is 5.16. The molecule has 0 atom stereocenters. The SMILES string of the molecule is c1ccc(-c2ccc(-c3cc(-c4ccc(-c5nc6ccccc6c6ccccc56)cc4)cc(-c4nc(-c5ccccc5)nc(-c5ccccc5)n4)c3)cc2)cc1. The Kier molecular flexibility index (Phi) is 8.47. The van der Waals surface area contributed by atoms with Crippen LogP contribution < -0.4 is 0 Å². The third kappa shape index (κ3) is 6.40. The topological polar surface area (TPSA) is 51.6 Å². The van der Waals surface area contributed by atoms with E-state index in [2.05, 4.69) is 140 Å². The number of pyridine rings is 1. The number of para-hydroxylation sites is 1. The number of hydrogen-bond donors (Lipinski definition) is 0. The van der Waals surface area contributed by atoms with Crippen LogP contribution in [0.25, 0.3) is 100 Å². The highest BCUT2D eigenvalue weighted by atomic mass is 15.0. The van der Waals surface area contributed by atoms with E-state index in [0.717, 1.165) is 66.5 Å². The molecule has 0 saturated heterocycles. The maximum atomic E-state index is 5.16. The average molecular weight is 715 g/mol. The number of rotatable bonds is 7. The van der Waals surface area contributed by atoms with E-state index in [1.165, 1.54) is 16.5 Å². The summed E-state index contributed by atoms with van der Waals surface area (Å²) in [6.07, 6.45) is 0. The summed E-state index contributed by atoms with van der Waals surface area (Å²) in [5, 5.41) is 3.50. The maximum Gasteiger partial charge on any atom is 0.164 e. The van der Waals surface area contributed by atoms with Crippen molar-refractivity contribution in [2.45, 2.75) is 0 Å². The Morgan fingerprint density at radius 3 is 1.11 bits per heavy atom. The highest BCUT2D eigenvalue weighted by molar-refractivity contribution is 6.10. The minimum atomic E-state index is 0.616. The van der Waals surface area contributed by atoms with Crippen molar-refractivity contribution in [1.82, 2.24) is 19.9 Å². The minimum Gasteiger partial charge on any atom is -0.247 e. The van der Waals surface area contributed by atoms with Crippen molar-refractivity contribution < 1.29 is 0 Å². The van der Waals surface area contributed by atoms with Gasteiger partial charge in [-0.05, 0) is 63.0 Å². The third-order valence-electron chi connectivity index (χ3n) is 10.3. The molecule has 262 valence electrons. The van der Waals surface area contributed by atoms with Crippen molar-refractivity contribution in [1.29, 1.82) is 0 Å². The molecule has 0 saturated carbocycles. The smallest absolute Gasteiger partial charge is 0.164 e. The van der Waals surface area contributed by atoms with E-state index in [0.29, 0.717) is 17.5 Å². The van der Waals surface area contributed by atoms with Gasteiger partial charge in [-0.3, -0.25) is 0 Å². The Hall–Kier alpha value is -7.56. The van der Waals surface area contributed by atoms with Gasteiger partial charge >= 0.3 is 0 Å². The summed E-state index contributed by atoms with van der Waals surface area (Å²) in [5.41, 5.74) is 12.5. The van der Waals surface area contributed by atoms with Crippen LogP contribution >= 0.6 is 0 Å². The van der Waals surface area contributed by atoms with E-state index in [-0.39, 0.29) is 0 Å². The van der Waals surface area contributed by atoms with E-state index >= 15 is 0 Å². The molecule has 4 nitrogen and oxygen atoms in total. The molecule has 0 unspecified atom stereocenters. The quantitative estimate of drug-likeness (QED) is 0.154. The van der Waals surface area contributed by atoms with Crippen LogP contribution in [0.3, 0.4) is 0 Å². The zero-order valence-electron chi connectivity index (χ0n) is 30.4. The van der Waals surface area contributed by atoms with Crippen molar-refractivity contribution >= 4 is 21.7 Å². The molecule has 0 aliphatic carbocycles. The second-order valence-corrected chi connectivity index (χ2v) is 13.9. The van der Waals surface area contributed by atoms with Crippen LogP contribution in [-0.2, 0) is 0 Å². The lowest BCUT2D eigenvalue weighted by molar-refractivity contribution is 1.07. The summed E-state index contributed by atoms with van der Waals surface area (Å²) in [5.74, 6) is 1.88. The molecule has 4 heteroatoms. The summed E-state index contributed by atoms with van der Waals surface area (Å²) in [4.78, 5) is 20.3. The third-order valence-corrected chi connectivity index (χ3v) is 10.3. The number of nitrogens with zero attached hydrogens (tertiary/aromatic N) is 4. The molecule has 8 aromatic carbocycles. The van der Waals surface area contributed by atoms with Gasteiger partial charge in [0, 0.05) is 33.0 Å². The molecule has 0 radical (unpaired) electrons. The van der Waals surface area contributed by atoms with E-state index in [1.807, 2.05) is 66.7 Å². The number of hydrogen-bond acceptors (Lipinski definition) is 4. The summed E-state index contributed by atoms with van der Waals surface area (Å²) in [6.45, 7) is 0. The van der Waals surface area contributed by atoms with Gasteiger partial charge in [-0.15, -0.1) is 0 Å². The highest BCUT2D eigenvalue weighted by Gasteiger charge is 2.16. The lowest BCUT2D eigenvalue weighted by Crippen LogP contribution is -2.00. The van der Waals surface area contributed by atoms with Gasteiger partial charge in [0.15, 0.2) is 17.5 Å². The van der Waals surface area contributed by atoms with Crippen LogP contribution in [0.15, 0.2) is 206 Å². The van der Waals surface area contributed by atoms with Crippen LogP contribution in [0.5, 0.6) is 0 Å². The van der Waals surface area contributed by atoms with Gasteiger partial charge in [0.1, 0.15) is 0 Å². The van der Waals surface area contributed by atoms with Crippen molar-refractivity contribution in [2.75, 3.05) is 0 Å². The Labute approximate surface area is 325 Å². The number of aromatic nitrogens is 4. The molecule has 0 aliphatic heterocycles. The van der Waals surface area contributed by atoms with Crippen molar-refractivity contribution in [2.24, 2.45) is 0 Å². The zero-order chi connectivity index (χ0) is 37.3. The molecule has 10 aromatic rings. The molecule has 0 bridgehead atoms. The van der Waals surface area contributed by atoms with Crippen molar-refractivity contribution in [3.8, 4) is 78.8 Å². The van der Waals surface area contributed by atoms with Crippen LogP contribution in [0.4, 0.5) is 0 Å². The lowest BCUT2D eigenvalue weighted by Gasteiger charge is -2.14. The Bertz CT molecular complexity index is 2920. The van der Waals surface area contributed by atoms with Gasteiger partial charge < -0.3 is 0 Å². The molecule has 2 aromatic heterocycles. The fourth-order valence-corrected chi connectivity index (χ4v) is 7.46. The first-order valence-electron chi connectivity index (χ1n) is 18.8. The first-order valence-corrected chi connectivity index (χ1v) is 18.8. The largest absolute Gasteiger partial charge is 0.247 e. The summed E-state index contributed by atoms with van der Waals surface area (Å²) >= 11 is 0. The predicted molar refractivity (Wildman–Crippen MR) is 231 cm³/mol. The summed E-state index contributed by atoms with van der Waals surface area (Å²) in [6, 6.07) is 71.8. The molecular formula is C52H34N4. The average Bonchev–Trinajstić information content (AvgIpc) is 3.29. The van der Waals surface area contributed by atoms with E-state index in [4.69, 9.17) is 19.9 Å². The van der Waals surface area contributed by atoms with Crippen LogP contribution in [-0.4, -0.2) is 19.9 Å². The van der Waals surface area contributed by atoms with Crippen molar-refractivity contribution in [3.05, 3.63) is 206 Å². The van der Waals surface area contributed by atoms with Gasteiger partial charge in [0.25, 0.3) is 0 Å². The van der Waals surface area contributed by atoms with Gasteiger partial charge in [0.05, 0.1) is 11.2 Å². The van der Waals surface area contributed by atoms with Crippen LogP contribution in [0, 0.1) is 0 Å². The van der Waals surface area contributed by atoms with E-state index < -0.39 is 0 Å². The number of benzene rings is 8. The lowest BCUT2D eigenvalue weighted by atomic mass is 9.93. The van der Waals surface area contributed by atoms with Gasteiger partial charge in [-0.25, -0.2) is 19.9 Å². The van der Waals surface area contributed by atoms with Crippen molar-refractivity contribution in [3.63, 3.8) is 0 Å².